The summed E-state index contributed by atoms with van der Waals surface area (Å²) in [5, 5.41) is 17.1. The van der Waals surface area contributed by atoms with Crippen molar-refractivity contribution in [1.82, 2.24) is 10.6 Å². The molecule has 0 radical (unpaired) electrons. The van der Waals surface area contributed by atoms with E-state index in [0.717, 1.165) is 32.4 Å². The highest BCUT2D eigenvalue weighted by molar-refractivity contribution is 6.32. The van der Waals surface area contributed by atoms with E-state index in [-0.39, 0.29) is 36.2 Å². The number of aliphatic hydroxyl groups is 1. The van der Waals surface area contributed by atoms with Crippen LogP contribution >= 0.6 is 24.0 Å². The number of halogens is 2. The van der Waals surface area contributed by atoms with Gasteiger partial charge < -0.3 is 25.2 Å². The van der Waals surface area contributed by atoms with Crippen molar-refractivity contribution in [2.24, 2.45) is 11.3 Å². The molecule has 26 heavy (non-hydrogen) atoms. The number of fused-ring (bicyclic) bond motifs is 1. The molecule has 2 fully saturated rings. The van der Waals surface area contributed by atoms with Gasteiger partial charge in [-0.05, 0) is 55.5 Å². The number of carbonyl (C=O) groups is 1. The average Bonchev–Trinajstić information content (AvgIpc) is 3.33. The molecule has 2 unspecified atom stereocenters. The molecule has 8 heteroatoms. The van der Waals surface area contributed by atoms with Crippen molar-refractivity contribution < 1.29 is 19.4 Å². The van der Waals surface area contributed by atoms with Crippen molar-refractivity contribution in [2.75, 3.05) is 32.8 Å². The third-order valence-electron chi connectivity index (χ3n) is 5.58. The van der Waals surface area contributed by atoms with Crippen LogP contribution in [-0.4, -0.2) is 43.9 Å². The van der Waals surface area contributed by atoms with E-state index >= 15 is 0 Å². The SMILES string of the molecule is Cl.O=C(NCC(O)c1cc(Cl)c2c(c1)OCCO2)C1CC12CCNCC2. The maximum Gasteiger partial charge on any atom is 0.223 e. The van der Waals surface area contributed by atoms with E-state index in [1.807, 2.05) is 0 Å². The molecule has 2 aliphatic heterocycles. The first-order chi connectivity index (χ1) is 12.1. The summed E-state index contributed by atoms with van der Waals surface area (Å²) < 4.78 is 11.0. The van der Waals surface area contributed by atoms with Crippen molar-refractivity contribution in [2.45, 2.75) is 25.4 Å². The predicted molar refractivity (Wildman–Crippen MR) is 100 cm³/mol. The van der Waals surface area contributed by atoms with E-state index in [9.17, 15) is 9.90 Å². The summed E-state index contributed by atoms with van der Waals surface area (Å²) in [6.07, 6.45) is 2.25. The second-order valence-corrected chi connectivity index (χ2v) is 7.56. The highest BCUT2D eigenvalue weighted by Crippen LogP contribution is 2.58. The van der Waals surface area contributed by atoms with Crippen LogP contribution in [0.15, 0.2) is 12.1 Å². The molecule has 1 aromatic carbocycles. The maximum atomic E-state index is 12.4. The number of ether oxygens (including phenoxy) is 2. The molecule has 1 saturated heterocycles. The van der Waals surface area contributed by atoms with Gasteiger partial charge in [0.1, 0.15) is 13.2 Å². The van der Waals surface area contributed by atoms with Crippen molar-refractivity contribution >= 4 is 29.9 Å². The summed E-state index contributed by atoms with van der Waals surface area (Å²) in [5.74, 6) is 1.18. The highest BCUT2D eigenvalue weighted by atomic mass is 35.5. The smallest absolute Gasteiger partial charge is 0.223 e. The zero-order valence-corrected chi connectivity index (χ0v) is 16.0. The van der Waals surface area contributed by atoms with Crippen molar-refractivity contribution in [3.8, 4) is 11.5 Å². The van der Waals surface area contributed by atoms with Gasteiger partial charge in [-0.2, -0.15) is 0 Å². The van der Waals surface area contributed by atoms with E-state index in [1.54, 1.807) is 12.1 Å². The number of benzene rings is 1. The second-order valence-electron chi connectivity index (χ2n) is 7.16. The zero-order valence-electron chi connectivity index (χ0n) is 14.4. The van der Waals surface area contributed by atoms with Crippen LogP contribution in [0.1, 0.15) is 30.9 Å². The molecule has 1 spiro atoms. The van der Waals surface area contributed by atoms with Crippen LogP contribution in [0.5, 0.6) is 11.5 Å². The number of piperidine rings is 1. The quantitative estimate of drug-likeness (QED) is 0.718. The molecule has 2 heterocycles. The van der Waals surface area contributed by atoms with Gasteiger partial charge in [-0.25, -0.2) is 0 Å². The number of aliphatic hydroxyl groups excluding tert-OH is 1. The first-order valence-electron chi connectivity index (χ1n) is 8.85. The summed E-state index contributed by atoms with van der Waals surface area (Å²) in [5.41, 5.74) is 0.808. The molecule has 2 atom stereocenters. The summed E-state index contributed by atoms with van der Waals surface area (Å²) in [7, 11) is 0. The molecule has 3 aliphatic rings. The lowest BCUT2D eigenvalue weighted by molar-refractivity contribution is -0.123. The van der Waals surface area contributed by atoms with Crippen LogP contribution in [0.4, 0.5) is 0 Å². The summed E-state index contributed by atoms with van der Waals surface area (Å²) in [6, 6.07) is 3.39. The van der Waals surface area contributed by atoms with Crippen LogP contribution in [0.3, 0.4) is 0 Å². The molecule has 1 aliphatic carbocycles. The van der Waals surface area contributed by atoms with Gasteiger partial charge in [0.2, 0.25) is 5.91 Å². The number of hydrogen-bond acceptors (Lipinski definition) is 5. The molecule has 6 nitrogen and oxygen atoms in total. The number of rotatable bonds is 4. The van der Waals surface area contributed by atoms with Crippen LogP contribution in [0.25, 0.3) is 0 Å². The predicted octanol–water partition coefficient (Wildman–Crippen LogP) is 2.07. The molecule has 1 aromatic rings. The van der Waals surface area contributed by atoms with Gasteiger partial charge in [-0.1, -0.05) is 11.6 Å². The molecule has 4 rings (SSSR count). The first-order valence-corrected chi connectivity index (χ1v) is 9.22. The fourth-order valence-corrected chi connectivity index (χ4v) is 4.23. The fourth-order valence-electron chi connectivity index (χ4n) is 3.96. The Morgan fingerprint density at radius 2 is 2.08 bits per heavy atom. The van der Waals surface area contributed by atoms with Gasteiger partial charge >= 0.3 is 0 Å². The molecular formula is C18H24Cl2N2O4. The number of carbonyl (C=O) groups excluding carboxylic acids is 1. The van der Waals surface area contributed by atoms with Gasteiger partial charge in [0.15, 0.2) is 11.5 Å². The minimum absolute atomic E-state index is 0. The third-order valence-corrected chi connectivity index (χ3v) is 5.86. The molecular weight excluding hydrogens is 379 g/mol. The Labute approximate surface area is 164 Å². The van der Waals surface area contributed by atoms with Crippen molar-refractivity contribution in [3.63, 3.8) is 0 Å². The normalized spacial score (nSPS) is 23.7. The first kappa shape index (κ1) is 19.5. The minimum Gasteiger partial charge on any atom is -0.486 e. The average molecular weight is 403 g/mol. The summed E-state index contributed by atoms with van der Waals surface area (Å²) >= 11 is 6.20. The molecule has 1 amide bonds. The van der Waals surface area contributed by atoms with E-state index in [0.29, 0.717) is 35.3 Å². The van der Waals surface area contributed by atoms with E-state index in [2.05, 4.69) is 10.6 Å². The molecule has 3 N–H and O–H groups in total. The lowest BCUT2D eigenvalue weighted by atomic mass is 9.92. The molecule has 0 aromatic heterocycles. The van der Waals surface area contributed by atoms with Gasteiger partial charge in [-0.15, -0.1) is 12.4 Å². The highest BCUT2D eigenvalue weighted by Gasteiger charge is 2.57. The second kappa shape index (κ2) is 7.80. The topological polar surface area (TPSA) is 79.8 Å². The van der Waals surface area contributed by atoms with E-state index < -0.39 is 6.10 Å². The summed E-state index contributed by atoms with van der Waals surface area (Å²) in [4.78, 5) is 12.4. The minimum atomic E-state index is -0.833. The Kier molecular flexibility index (Phi) is 5.87. The van der Waals surface area contributed by atoms with Crippen molar-refractivity contribution in [1.29, 1.82) is 0 Å². The maximum absolute atomic E-state index is 12.4. The van der Waals surface area contributed by atoms with E-state index in [4.69, 9.17) is 21.1 Å². The number of hydrogen-bond donors (Lipinski definition) is 3. The fraction of sp³-hybridized carbons (Fsp3) is 0.611. The standard InChI is InChI=1S/C18H23ClN2O4.ClH/c19-13-7-11(8-15-16(13)25-6-5-24-15)14(22)10-21-17(23)12-9-18(12)1-3-20-4-2-18;/h7-8,12,14,20,22H,1-6,9-10H2,(H,21,23);1H. The summed E-state index contributed by atoms with van der Waals surface area (Å²) in [6.45, 7) is 3.06. The monoisotopic (exact) mass is 402 g/mol. The largest absolute Gasteiger partial charge is 0.486 e. The van der Waals surface area contributed by atoms with Gasteiger partial charge in [0.25, 0.3) is 0 Å². The van der Waals surface area contributed by atoms with Crippen LogP contribution < -0.4 is 20.1 Å². The Hall–Kier alpha value is -1.21. The Morgan fingerprint density at radius 3 is 2.85 bits per heavy atom. The zero-order chi connectivity index (χ0) is 17.4. The molecule has 144 valence electrons. The van der Waals surface area contributed by atoms with Gasteiger partial charge in [-0.3, -0.25) is 4.79 Å². The van der Waals surface area contributed by atoms with Gasteiger partial charge in [0, 0.05) is 12.5 Å². The van der Waals surface area contributed by atoms with Crippen LogP contribution in [0, 0.1) is 11.3 Å². The Balaban J connectivity index is 0.00000196. The molecule has 1 saturated carbocycles. The lowest BCUT2D eigenvalue weighted by Crippen LogP contribution is -2.35. The van der Waals surface area contributed by atoms with Crippen molar-refractivity contribution in [3.05, 3.63) is 22.7 Å². The molecule has 0 bridgehead atoms. The van der Waals surface area contributed by atoms with Crippen LogP contribution in [-0.2, 0) is 4.79 Å². The van der Waals surface area contributed by atoms with Crippen LogP contribution in [0.2, 0.25) is 5.02 Å². The third kappa shape index (κ3) is 3.74. The number of amides is 1. The van der Waals surface area contributed by atoms with E-state index in [1.165, 1.54) is 0 Å². The number of nitrogens with one attached hydrogen (secondary N) is 2. The Morgan fingerprint density at radius 1 is 1.35 bits per heavy atom. The van der Waals surface area contributed by atoms with Gasteiger partial charge in [0.05, 0.1) is 11.1 Å². The Bertz CT molecular complexity index is 679. The lowest BCUT2D eigenvalue weighted by Gasteiger charge is -2.23.